The van der Waals surface area contributed by atoms with Crippen molar-refractivity contribution in [2.45, 2.75) is 26.4 Å². The molecule has 37 heavy (non-hydrogen) atoms. The van der Waals surface area contributed by atoms with Crippen molar-refractivity contribution in [2.24, 2.45) is 5.18 Å². The van der Waals surface area contributed by atoms with Crippen LogP contribution in [0, 0.1) is 23.2 Å². The third-order valence-electron chi connectivity index (χ3n) is 5.41. The number of benzene rings is 2. The van der Waals surface area contributed by atoms with Gasteiger partial charge in [0.15, 0.2) is 0 Å². The fraction of sp³-hybridized carbons (Fsp3) is 0.192. The smallest absolute Gasteiger partial charge is 0.354 e. The van der Waals surface area contributed by atoms with E-state index in [0.29, 0.717) is 11.4 Å². The van der Waals surface area contributed by atoms with Gasteiger partial charge in [-0.2, -0.15) is 15.2 Å². The number of hydrogen-bond acceptors (Lipinski definition) is 9. The highest BCUT2D eigenvalue weighted by atomic mass is 16.5. The van der Waals surface area contributed by atoms with Gasteiger partial charge in [-0.1, -0.05) is 41.1 Å². The first kappa shape index (κ1) is 25.0. The van der Waals surface area contributed by atoms with Gasteiger partial charge in [0.2, 0.25) is 11.8 Å². The standard InChI is InChI=1S/C26H23N7O4/c1-18-6-8-19(9-7-18)17-33-24(31-25(34)32(26(33)35)15-3-14-28-36)30-20-10-12-22(13-11-20)37-23-5-2-4-21(16-27)29-23/h2,4-13H,3,14-15,17H2,1H3,(H,30,31,34). The van der Waals surface area contributed by atoms with Gasteiger partial charge in [-0.05, 0) is 49.2 Å². The molecule has 2 aromatic heterocycles. The average molecular weight is 498 g/mol. The normalized spacial score (nSPS) is 10.5. The van der Waals surface area contributed by atoms with E-state index in [2.05, 4.69) is 20.5 Å². The summed E-state index contributed by atoms with van der Waals surface area (Å²) >= 11 is 0. The number of aryl methyl sites for hydroxylation is 1. The number of hydrogen-bond donors (Lipinski definition) is 1. The minimum atomic E-state index is -0.720. The Morgan fingerprint density at radius 3 is 2.46 bits per heavy atom. The van der Waals surface area contributed by atoms with E-state index in [4.69, 9.17) is 10.00 Å². The molecule has 1 N–H and O–H groups in total. The Balaban J connectivity index is 1.62. The summed E-state index contributed by atoms with van der Waals surface area (Å²) in [5.74, 6) is 0.844. The van der Waals surface area contributed by atoms with Gasteiger partial charge in [0.1, 0.15) is 17.5 Å². The number of rotatable bonds is 10. The second-order valence-corrected chi connectivity index (χ2v) is 8.15. The van der Waals surface area contributed by atoms with E-state index in [1.54, 1.807) is 42.5 Å². The number of nitriles is 1. The Morgan fingerprint density at radius 1 is 1.00 bits per heavy atom. The summed E-state index contributed by atoms with van der Waals surface area (Å²) in [7, 11) is 0. The molecule has 2 aromatic carbocycles. The minimum Gasteiger partial charge on any atom is -0.439 e. The van der Waals surface area contributed by atoms with Crippen LogP contribution < -0.4 is 21.4 Å². The molecule has 0 unspecified atom stereocenters. The minimum absolute atomic E-state index is 0.00537. The van der Waals surface area contributed by atoms with Gasteiger partial charge in [-0.3, -0.25) is 4.57 Å². The molecule has 2 heterocycles. The van der Waals surface area contributed by atoms with Crippen molar-refractivity contribution in [3.8, 4) is 17.7 Å². The Morgan fingerprint density at radius 2 is 1.76 bits per heavy atom. The topological polar surface area (TPSA) is 144 Å². The molecule has 11 nitrogen and oxygen atoms in total. The first-order chi connectivity index (χ1) is 18.0. The van der Waals surface area contributed by atoms with Crippen molar-refractivity contribution < 1.29 is 4.74 Å². The van der Waals surface area contributed by atoms with Gasteiger partial charge < -0.3 is 10.1 Å². The van der Waals surface area contributed by atoms with Crippen molar-refractivity contribution in [1.29, 1.82) is 5.26 Å². The molecule has 0 aliphatic rings. The summed E-state index contributed by atoms with van der Waals surface area (Å²) in [5.41, 5.74) is 1.48. The summed E-state index contributed by atoms with van der Waals surface area (Å²) in [4.78, 5) is 44.5. The first-order valence-electron chi connectivity index (χ1n) is 11.5. The van der Waals surface area contributed by atoms with E-state index in [9.17, 15) is 14.5 Å². The van der Waals surface area contributed by atoms with Crippen LogP contribution in [0.5, 0.6) is 11.6 Å². The monoisotopic (exact) mass is 497 g/mol. The van der Waals surface area contributed by atoms with Crippen LogP contribution in [-0.2, 0) is 13.1 Å². The maximum absolute atomic E-state index is 13.3. The van der Waals surface area contributed by atoms with Crippen molar-refractivity contribution >= 4 is 11.6 Å². The maximum Gasteiger partial charge on any atom is 0.354 e. The molecule has 0 saturated heterocycles. The molecule has 0 spiro atoms. The number of nitrogens with one attached hydrogen (secondary N) is 1. The van der Waals surface area contributed by atoms with Crippen LogP contribution in [0.2, 0.25) is 0 Å². The summed E-state index contributed by atoms with van der Waals surface area (Å²) in [6.07, 6.45) is 0.255. The van der Waals surface area contributed by atoms with E-state index in [1.807, 2.05) is 37.3 Å². The van der Waals surface area contributed by atoms with E-state index >= 15 is 0 Å². The molecular formula is C26H23N7O4. The molecule has 0 bridgehead atoms. The second-order valence-electron chi connectivity index (χ2n) is 8.15. The zero-order chi connectivity index (χ0) is 26.2. The number of pyridine rings is 1. The van der Waals surface area contributed by atoms with Crippen LogP contribution >= 0.6 is 0 Å². The van der Waals surface area contributed by atoms with E-state index in [-0.39, 0.29) is 43.6 Å². The number of nitrogens with zero attached hydrogens (tertiary/aromatic N) is 6. The SMILES string of the molecule is Cc1ccc(Cn2c(Nc3ccc(Oc4cccc(C#N)n4)cc3)nc(=O)n(CCCN=O)c2=O)cc1. The summed E-state index contributed by atoms with van der Waals surface area (Å²) in [5, 5.41) is 14.8. The number of ether oxygens (including phenoxy) is 1. The van der Waals surface area contributed by atoms with Crippen LogP contribution in [0.4, 0.5) is 11.6 Å². The third-order valence-corrected chi connectivity index (χ3v) is 5.41. The van der Waals surface area contributed by atoms with Crippen LogP contribution in [-0.4, -0.2) is 25.6 Å². The fourth-order valence-corrected chi connectivity index (χ4v) is 3.52. The molecule has 0 radical (unpaired) electrons. The molecule has 0 aliphatic heterocycles. The molecule has 4 rings (SSSR count). The molecule has 0 fully saturated rings. The lowest BCUT2D eigenvalue weighted by Gasteiger charge is -2.16. The van der Waals surface area contributed by atoms with Gasteiger partial charge in [0, 0.05) is 18.3 Å². The van der Waals surface area contributed by atoms with Crippen molar-refractivity contribution in [1.82, 2.24) is 19.1 Å². The lowest BCUT2D eigenvalue weighted by atomic mass is 10.1. The number of anilines is 2. The quantitative estimate of drug-likeness (QED) is 0.258. The largest absolute Gasteiger partial charge is 0.439 e. The molecule has 0 aliphatic carbocycles. The first-order valence-corrected chi connectivity index (χ1v) is 11.5. The highest BCUT2D eigenvalue weighted by Gasteiger charge is 2.14. The lowest BCUT2D eigenvalue weighted by Crippen LogP contribution is -2.42. The van der Waals surface area contributed by atoms with Gasteiger partial charge >= 0.3 is 11.4 Å². The molecule has 0 amide bonds. The molecule has 11 heteroatoms. The highest BCUT2D eigenvalue weighted by molar-refractivity contribution is 5.55. The Kier molecular flexibility index (Phi) is 7.80. The Bertz CT molecular complexity index is 1550. The number of nitroso groups, excluding NO2 is 1. The average Bonchev–Trinajstić information content (AvgIpc) is 2.90. The van der Waals surface area contributed by atoms with Gasteiger partial charge in [0.25, 0.3) is 0 Å². The van der Waals surface area contributed by atoms with Crippen molar-refractivity contribution in [2.75, 3.05) is 11.9 Å². The van der Waals surface area contributed by atoms with Crippen molar-refractivity contribution in [3.05, 3.63) is 109 Å². The predicted molar refractivity (Wildman–Crippen MR) is 137 cm³/mol. The van der Waals surface area contributed by atoms with Crippen LogP contribution in [0.1, 0.15) is 23.2 Å². The molecule has 186 valence electrons. The predicted octanol–water partition coefficient (Wildman–Crippen LogP) is 3.72. The van der Waals surface area contributed by atoms with E-state index in [1.165, 1.54) is 4.57 Å². The number of aromatic nitrogens is 4. The molecule has 0 saturated carbocycles. The Hall–Kier alpha value is -5.11. The van der Waals surface area contributed by atoms with Crippen molar-refractivity contribution in [3.63, 3.8) is 0 Å². The van der Waals surface area contributed by atoms with Crippen LogP contribution in [0.3, 0.4) is 0 Å². The van der Waals surface area contributed by atoms with Gasteiger partial charge in [0.05, 0.1) is 13.1 Å². The summed E-state index contributed by atoms with van der Waals surface area (Å²) in [6.45, 7) is 2.18. The zero-order valence-corrected chi connectivity index (χ0v) is 20.0. The summed E-state index contributed by atoms with van der Waals surface area (Å²) < 4.78 is 8.08. The highest BCUT2D eigenvalue weighted by Crippen LogP contribution is 2.23. The summed E-state index contributed by atoms with van der Waals surface area (Å²) in [6, 6.07) is 21.3. The second kappa shape index (κ2) is 11.5. The lowest BCUT2D eigenvalue weighted by molar-refractivity contribution is 0.462. The van der Waals surface area contributed by atoms with Gasteiger partial charge in [-0.25, -0.2) is 19.1 Å². The van der Waals surface area contributed by atoms with Crippen LogP contribution in [0.25, 0.3) is 0 Å². The van der Waals surface area contributed by atoms with E-state index in [0.717, 1.165) is 15.7 Å². The third kappa shape index (κ3) is 6.32. The fourth-order valence-electron chi connectivity index (χ4n) is 3.52. The molecule has 0 atom stereocenters. The van der Waals surface area contributed by atoms with Crippen LogP contribution in [0.15, 0.2) is 81.5 Å². The maximum atomic E-state index is 13.3. The Labute approximate surface area is 211 Å². The molecule has 4 aromatic rings. The zero-order valence-electron chi connectivity index (χ0n) is 20.0. The van der Waals surface area contributed by atoms with E-state index < -0.39 is 11.4 Å². The molecular weight excluding hydrogens is 474 g/mol. The van der Waals surface area contributed by atoms with Gasteiger partial charge in [-0.15, -0.1) is 0 Å².